The number of hydrogen-bond acceptors (Lipinski definition) is 1. The zero-order chi connectivity index (χ0) is 15.4. The molecule has 3 aromatic rings. The lowest BCUT2D eigenvalue weighted by Gasteiger charge is -2.05. The Morgan fingerprint density at radius 2 is 1.82 bits per heavy atom. The van der Waals surface area contributed by atoms with Crippen molar-refractivity contribution >= 4 is 22.9 Å². The SMILES string of the molecule is C/C(=C\c1ccccc1)C(=O)NCc1c[nH]c2ccccc12. The molecule has 0 saturated heterocycles. The number of fused-ring (bicyclic) bond motifs is 1. The highest BCUT2D eigenvalue weighted by Gasteiger charge is 2.07. The van der Waals surface area contributed by atoms with Crippen molar-refractivity contribution in [2.45, 2.75) is 13.5 Å². The van der Waals surface area contributed by atoms with Crippen molar-refractivity contribution in [3.8, 4) is 0 Å². The topological polar surface area (TPSA) is 44.9 Å². The van der Waals surface area contributed by atoms with Crippen LogP contribution in [0.3, 0.4) is 0 Å². The first-order valence-electron chi connectivity index (χ1n) is 7.30. The second-order valence-electron chi connectivity index (χ2n) is 5.28. The smallest absolute Gasteiger partial charge is 0.247 e. The highest BCUT2D eigenvalue weighted by molar-refractivity contribution is 5.97. The summed E-state index contributed by atoms with van der Waals surface area (Å²) in [6.07, 6.45) is 3.84. The fourth-order valence-corrected chi connectivity index (χ4v) is 2.46. The Bertz CT molecular complexity index is 816. The minimum Gasteiger partial charge on any atom is -0.361 e. The number of nitrogens with one attached hydrogen (secondary N) is 2. The molecule has 0 atom stereocenters. The molecular formula is C19H18N2O. The van der Waals surface area contributed by atoms with Gasteiger partial charge in [-0.3, -0.25) is 4.79 Å². The average Bonchev–Trinajstić information content (AvgIpc) is 2.97. The van der Waals surface area contributed by atoms with Crippen molar-refractivity contribution in [2.75, 3.05) is 0 Å². The second-order valence-corrected chi connectivity index (χ2v) is 5.28. The third kappa shape index (κ3) is 3.09. The first kappa shape index (κ1) is 14.1. The van der Waals surface area contributed by atoms with E-state index in [1.165, 1.54) is 0 Å². The number of H-pyrrole nitrogens is 1. The fourth-order valence-electron chi connectivity index (χ4n) is 2.46. The predicted molar refractivity (Wildman–Crippen MR) is 90.2 cm³/mol. The maximum absolute atomic E-state index is 12.2. The van der Waals surface area contributed by atoms with Gasteiger partial charge in [-0.25, -0.2) is 0 Å². The molecule has 0 saturated carbocycles. The molecule has 1 heterocycles. The van der Waals surface area contributed by atoms with E-state index in [1.807, 2.05) is 67.7 Å². The Morgan fingerprint density at radius 1 is 1.09 bits per heavy atom. The van der Waals surface area contributed by atoms with Crippen molar-refractivity contribution in [3.63, 3.8) is 0 Å². The van der Waals surface area contributed by atoms with E-state index in [-0.39, 0.29) is 5.91 Å². The first-order chi connectivity index (χ1) is 10.7. The van der Waals surface area contributed by atoms with Crippen LogP contribution in [0.15, 0.2) is 66.4 Å². The minimum absolute atomic E-state index is 0.0471. The van der Waals surface area contributed by atoms with Crippen LogP contribution in [0.2, 0.25) is 0 Å². The highest BCUT2D eigenvalue weighted by atomic mass is 16.1. The molecule has 3 heteroatoms. The molecule has 0 spiro atoms. The van der Waals surface area contributed by atoms with Gasteiger partial charge in [0, 0.05) is 29.2 Å². The normalized spacial score (nSPS) is 11.6. The first-order valence-corrected chi connectivity index (χ1v) is 7.30. The van der Waals surface area contributed by atoms with Crippen LogP contribution in [-0.4, -0.2) is 10.9 Å². The second kappa shape index (κ2) is 6.31. The van der Waals surface area contributed by atoms with Gasteiger partial charge in [0.25, 0.3) is 0 Å². The lowest BCUT2D eigenvalue weighted by Crippen LogP contribution is -2.23. The van der Waals surface area contributed by atoms with Gasteiger partial charge in [0.05, 0.1) is 0 Å². The predicted octanol–water partition coefficient (Wildman–Crippen LogP) is 3.89. The van der Waals surface area contributed by atoms with E-state index in [0.717, 1.165) is 22.0 Å². The van der Waals surface area contributed by atoms with E-state index in [0.29, 0.717) is 12.1 Å². The van der Waals surface area contributed by atoms with Gasteiger partial charge in [-0.2, -0.15) is 0 Å². The van der Waals surface area contributed by atoms with Gasteiger partial charge >= 0.3 is 0 Å². The van der Waals surface area contributed by atoms with Crippen LogP contribution in [0, 0.1) is 0 Å². The lowest BCUT2D eigenvalue weighted by atomic mass is 10.1. The van der Waals surface area contributed by atoms with Crippen LogP contribution >= 0.6 is 0 Å². The summed E-state index contributed by atoms with van der Waals surface area (Å²) >= 11 is 0. The van der Waals surface area contributed by atoms with E-state index < -0.39 is 0 Å². The summed E-state index contributed by atoms with van der Waals surface area (Å²) in [5.74, 6) is -0.0471. The number of amides is 1. The van der Waals surface area contributed by atoms with E-state index in [2.05, 4.69) is 16.4 Å². The Morgan fingerprint density at radius 3 is 2.64 bits per heavy atom. The molecule has 3 rings (SSSR count). The molecule has 110 valence electrons. The van der Waals surface area contributed by atoms with Gasteiger partial charge in [-0.05, 0) is 30.2 Å². The molecule has 1 aromatic heterocycles. The van der Waals surface area contributed by atoms with Crippen LogP contribution in [0.1, 0.15) is 18.1 Å². The number of benzene rings is 2. The van der Waals surface area contributed by atoms with Crippen LogP contribution in [-0.2, 0) is 11.3 Å². The Labute approximate surface area is 129 Å². The number of carbonyl (C=O) groups is 1. The zero-order valence-electron chi connectivity index (χ0n) is 12.5. The minimum atomic E-state index is -0.0471. The van der Waals surface area contributed by atoms with E-state index in [9.17, 15) is 4.79 Å². The number of aromatic nitrogens is 1. The zero-order valence-corrected chi connectivity index (χ0v) is 12.5. The third-order valence-corrected chi connectivity index (χ3v) is 3.66. The molecule has 0 bridgehead atoms. The van der Waals surface area contributed by atoms with Crippen LogP contribution in [0.25, 0.3) is 17.0 Å². The molecule has 0 aliphatic carbocycles. The Hall–Kier alpha value is -2.81. The molecule has 0 aliphatic heterocycles. The fraction of sp³-hybridized carbons (Fsp3) is 0.105. The monoisotopic (exact) mass is 290 g/mol. The summed E-state index contributed by atoms with van der Waals surface area (Å²) in [5.41, 5.74) is 3.91. The summed E-state index contributed by atoms with van der Waals surface area (Å²) in [5, 5.41) is 4.12. The molecule has 2 aromatic carbocycles. The third-order valence-electron chi connectivity index (χ3n) is 3.66. The molecule has 0 unspecified atom stereocenters. The molecule has 1 amide bonds. The molecule has 0 aliphatic rings. The highest BCUT2D eigenvalue weighted by Crippen LogP contribution is 2.17. The summed E-state index contributed by atoms with van der Waals surface area (Å²) in [6.45, 7) is 2.35. The van der Waals surface area contributed by atoms with Crippen molar-refractivity contribution in [3.05, 3.63) is 77.5 Å². The van der Waals surface area contributed by atoms with Crippen molar-refractivity contribution in [1.82, 2.24) is 10.3 Å². The van der Waals surface area contributed by atoms with E-state index in [1.54, 1.807) is 0 Å². The summed E-state index contributed by atoms with van der Waals surface area (Å²) in [7, 11) is 0. The summed E-state index contributed by atoms with van der Waals surface area (Å²) < 4.78 is 0. The van der Waals surface area contributed by atoms with E-state index in [4.69, 9.17) is 0 Å². The van der Waals surface area contributed by atoms with Gasteiger partial charge in [0.15, 0.2) is 0 Å². The molecular weight excluding hydrogens is 272 g/mol. The van der Waals surface area contributed by atoms with E-state index >= 15 is 0 Å². The number of rotatable bonds is 4. The van der Waals surface area contributed by atoms with Crippen molar-refractivity contribution < 1.29 is 4.79 Å². The maximum Gasteiger partial charge on any atom is 0.247 e. The number of hydrogen-bond donors (Lipinski definition) is 2. The molecule has 0 radical (unpaired) electrons. The standard InChI is InChI=1S/C19H18N2O/c1-14(11-15-7-3-2-4-8-15)19(22)21-13-16-12-20-18-10-6-5-9-17(16)18/h2-12,20H,13H2,1H3,(H,21,22)/b14-11+. The van der Waals surface area contributed by atoms with Crippen LogP contribution in [0.5, 0.6) is 0 Å². The molecule has 0 fully saturated rings. The molecule has 3 nitrogen and oxygen atoms in total. The quantitative estimate of drug-likeness (QED) is 0.704. The van der Waals surface area contributed by atoms with Gasteiger partial charge < -0.3 is 10.3 Å². The van der Waals surface area contributed by atoms with Crippen molar-refractivity contribution in [1.29, 1.82) is 0 Å². The number of aromatic amines is 1. The van der Waals surface area contributed by atoms with Gasteiger partial charge in [0.2, 0.25) is 5.91 Å². The van der Waals surface area contributed by atoms with Gasteiger partial charge in [0.1, 0.15) is 0 Å². The van der Waals surface area contributed by atoms with Gasteiger partial charge in [-0.15, -0.1) is 0 Å². The van der Waals surface area contributed by atoms with Crippen LogP contribution < -0.4 is 5.32 Å². The summed E-state index contributed by atoms with van der Waals surface area (Å²) in [4.78, 5) is 15.4. The lowest BCUT2D eigenvalue weighted by molar-refractivity contribution is -0.117. The number of carbonyl (C=O) groups excluding carboxylic acids is 1. The van der Waals surface area contributed by atoms with Crippen molar-refractivity contribution in [2.24, 2.45) is 0 Å². The Balaban J connectivity index is 1.68. The molecule has 2 N–H and O–H groups in total. The summed E-state index contributed by atoms with van der Waals surface area (Å²) in [6, 6.07) is 17.9. The van der Waals surface area contributed by atoms with Crippen LogP contribution in [0.4, 0.5) is 0 Å². The average molecular weight is 290 g/mol. The maximum atomic E-state index is 12.2. The largest absolute Gasteiger partial charge is 0.361 e. The number of para-hydroxylation sites is 1. The molecule has 22 heavy (non-hydrogen) atoms. The van der Waals surface area contributed by atoms with Gasteiger partial charge in [-0.1, -0.05) is 48.5 Å². The Kier molecular flexibility index (Phi) is 4.05.